The van der Waals surface area contributed by atoms with E-state index in [0.717, 1.165) is 4.90 Å². The number of aliphatic hydroxyl groups excluding tert-OH is 1. The molecule has 0 bridgehead atoms. The highest BCUT2D eigenvalue weighted by molar-refractivity contribution is 8.00. The summed E-state index contributed by atoms with van der Waals surface area (Å²) in [5.74, 6) is 1.31. The summed E-state index contributed by atoms with van der Waals surface area (Å²) < 4.78 is 10.3. The molecule has 0 spiro atoms. The van der Waals surface area contributed by atoms with Crippen molar-refractivity contribution < 1.29 is 19.4 Å². The van der Waals surface area contributed by atoms with Crippen LogP contribution in [0.5, 0.6) is 11.5 Å². The van der Waals surface area contributed by atoms with Crippen molar-refractivity contribution >= 4 is 17.7 Å². The lowest BCUT2D eigenvalue weighted by molar-refractivity contribution is -0.119. The van der Waals surface area contributed by atoms with E-state index >= 15 is 0 Å². The number of benzene rings is 1. The summed E-state index contributed by atoms with van der Waals surface area (Å²) >= 11 is 1.36. The van der Waals surface area contributed by atoms with Crippen molar-refractivity contribution in [2.24, 2.45) is 0 Å². The van der Waals surface area contributed by atoms with Gasteiger partial charge in [-0.05, 0) is 18.2 Å². The zero-order valence-corrected chi connectivity index (χ0v) is 10.5. The molecule has 6 heteroatoms. The Morgan fingerprint density at radius 1 is 1.35 bits per heavy atom. The third kappa shape index (κ3) is 4.16. The second-order valence-electron chi connectivity index (χ2n) is 3.06. The molecule has 0 fully saturated rings. The lowest BCUT2D eigenvalue weighted by atomic mass is 10.3. The van der Waals surface area contributed by atoms with E-state index in [4.69, 9.17) is 14.6 Å². The Labute approximate surface area is 104 Å². The Hall–Kier alpha value is -1.40. The molecular formula is C11H15NO4S. The summed E-state index contributed by atoms with van der Waals surface area (Å²) in [6, 6.07) is 5.43. The molecule has 0 aliphatic heterocycles. The average Bonchev–Trinajstić information content (AvgIpc) is 2.36. The molecule has 1 amide bonds. The number of methoxy groups -OCH3 is 2. The van der Waals surface area contributed by atoms with Crippen LogP contribution in [0.1, 0.15) is 0 Å². The van der Waals surface area contributed by atoms with Gasteiger partial charge >= 0.3 is 0 Å². The Kier molecular flexibility index (Phi) is 5.65. The Morgan fingerprint density at radius 2 is 2.06 bits per heavy atom. The summed E-state index contributed by atoms with van der Waals surface area (Å²) in [4.78, 5) is 12.0. The molecule has 0 aliphatic carbocycles. The summed E-state index contributed by atoms with van der Waals surface area (Å²) in [6.07, 6.45) is 0. The monoisotopic (exact) mass is 257 g/mol. The third-order valence-electron chi connectivity index (χ3n) is 2.00. The summed E-state index contributed by atoms with van der Waals surface area (Å²) in [5, 5.41) is 10.8. The highest BCUT2D eigenvalue weighted by Crippen LogP contribution is 2.31. The van der Waals surface area contributed by atoms with E-state index in [-0.39, 0.29) is 18.4 Å². The summed E-state index contributed by atoms with van der Waals surface area (Å²) in [7, 11) is 3.13. The normalized spacial score (nSPS) is 9.82. The third-order valence-corrected chi connectivity index (χ3v) is 2.99. The first-order valence-corrected chi connectivity index (χ1v) is 5.92. The van der Waals surface area contributed by atoms with Crippen LogP contribution in [0.4, 0.5) is 0 Å². The van der Waals surface area contributed by atoms with Crippen LogP contribution in [-0.4, -0.2) is 37.7 Å². The van der Waals surface area contributed by atoms with Crippen LogP contribution in [-0.2, 0) is 4.79 Å². The molecule has 1 rings (SSSR count). The van der Waals surface area contributed by atoms with Gasteiger partial charge in [0.15, 0.2) is 11.5 Å². The maximum Gasteiger partial charge on any atom is 0.232 e. The van der Waals surface area contributed by atoms with Gasteiger partial charge < -0.3 is 19.9 Å². The van der Waals surface area contributed by atoms with E-state index in [1.165, 1.54) is 11.8 Å². The molecular weight excluding hydrogens is 242 g/mol. The smallest absolute Gasteiger partial charge is 0.232 e. The van der Waals surface area contributed by atoms with Crippen LogP contribution < -0.4 is 14.8 Å². The van der Waals surface area contributed by atoms with Gasteiger partial charge in [-0.25, -0.2) is 0 Å². The second kappa shape index (κ2) is 7.03. The number of carbonyl (C=O) groups is 1. The van der Waals surface area contributed by atoms with Crippen LogP contribution in [0.25, 0.3) is 0 Å². The standard InChI is InChI=1S/C11H15NO4S/c1-15-9-4-3-8(5-10(9)16-2)17-6-11(14)12-7-13/h3-5,13H,6-7H2,1-2H3,(H,12,14). The average molecular weight is 257 g/mol. The summed E-state index contributed by atoms with van der Waals surface area (Å²) in [6.45, 7) is -0.342. The number of thioether (sulfide) groups is 1. The van der Waals surface area contributed by atoms with Crippen molar-refractivity contribution in [2.75, 3.05) is 26.7 Å². The number of amides is 1. The number of hydrogen-bond donors (Lipinski definition) is 2. The Balaban J connectivity index is 2.63. The van der Waals surface area contributed by atoms with Gasteiger partial charge in [-0.15, -0.1) is 11.8 Å². The second-order valence-corrected chi connectivity index (χ2v) is 4.11. The number of ether oxygens (including phenoxy) is 2. The van der Waals surface area contributed by atoms with E-state index in [1.54, 1.807) is 26.4 Å². The molecule has 0 aliphatic rings. The molecule has 0 unspecified atom stereocenters. The van der Waals surface area contributed by atoms with Crippen LogP contribution in [0.2, 0.25) is 0 Å². The van der Waals surface area contributed by atoms with Gasteiger partial charge in [-0.1, -0.05) is 0 Å². The van der Waals surface area contributed by atoms with Crippen molar-refractivity contribution in [1.29, 1.82) is 0 Å². The van der Waals surface area contributed by atoms with Crippen molar-refractivity contribution in [3.8, 4) is 11.5 Å². The minimum Gasteiger partial charge on any atom is -0.493 e. The lowest BCUT2D eigenvalue weighted by Crippen LogP contribution is -2.25. The first-order chi connectivity index (χ1) is 8.21. The zero-order valence-electron chi connectivity index (χ0n) is 9.73. The molecule has 2 N–H and O–H groups in total. The molecule has 1 aromatic carbocycles. The molecule has 1 aromatic rings. The van der Waals surface area contributed by atoms with Gasteiger partial charge in [0.1, 0.15) is 6.73 Å². The zero-order chi connectivity index (χ0) is 12.7. The van der Waals surface area contributed by atoms with E-state index in [2.05, 4.69) is 5.32 Å². The molecule has 0 heterocycles. The molecule has 0 saturated heterocycles. The minimum absolute atomic E-state index is 0.215. The van der Waals surface area contributed by atoms with Crippen molar-refractivity contribution in [1.82, 2.24) is 5.32 Å². The highest BCUT2D eigenvalue weighted by atomic mass is 32.2. The molecule has 0 saturated carbocycles. The maximum absolute atomic E-state index is 11.1. The van der Waals surface area contributed by atoms with Gasteiger partial charge in [-0.3, -0.25) is 4.79 Å². The van der Waals surface area contributed by atoms with Crippen LogP contribution in [0.3, 0.4) is 0 Å². The quantitative estimate of drug-likeness (QED) is 0.584. The van der Waals surface area contributed by atoms with Gasteiger partial charge in [0.05, 0.1) is 20.0 Å². The fourth-order valence-electron chi connectivity index (χ4n) is 1.19. The van der Waals surface area contributed by atoms with E-state index < -0.39 is 0 Å². The fourth-order valence-corrected chi connectivity index (χ4v) is 1.95. The fraction of sp³-hybridized carbons (Fsp3) is 0.364. The largest absolute Gasteiger partial charge is 0.493 e. The van der Waals surface area contributed by atoms with Gasteiger partial charge in [0.2, 0.25) is 5.91 Å². The van der Waals surface area contributed by atoms with Gasteiger partial charge in [0, 0.05) is 4.90 Å². The Bertz CT molecular complexity index is 384. The topological polar surface area (TPSA) is 67.8 Å². The number of hydrogen-bond acceptors (Lipinski definition) is 5. The Morgan fingerprint density at radius 3 is 2.65 bits per heavy atom. The van der Waals surface area contributed by atoms with Crippen LogP contribution in [0, 0.1) is 0 Å². The van der Waals surface area contributed by atoms with E-state index in [9.17, 15) is 4.79 Å². The predicted molar refractivity (Wildman–Crippen MR) is 65.5 cm³/mol. The van der Waals surface area contributed by atoms with Crippen molar-refractivity contribution in [3.63, 3.8) is 0 Å². The van der Waals surface area contributed by atoms with Gasteiger partial charge in [-0.2, -0.15) is 0 Å². The number of carbonyl (C=O) groups excluding carboxylic acids is 1. The number of aliphatic hydroxyl groups is 1. The summed E-state index contributed by atoms with van der Waals surface area (Å²) in [5.41, 5.74) is 0. The molecule has 0 atom stereocenters. The molecule has 17 heavy (non-hydrogen) atoms. The van der Waals surface area contributed by atoms with Gasteiger partial charge in [0.25, 0.3) is 0 Å². The van der Waals surface area contributed by atoms with Crippen molar-refractivity contribution in [3.05, 3.63) is 18.2 Å². The molecule has 0 radical (unpaired) electrons. The van der Waals surface area contributed by atoms with E-state index in [1.807, 2.05) is 6.07 Å². The SMILES string of the molecule is COc1ccc(SCC(=O)NCO)cc1OC. The highest BCUT2D eigenvalue weighted by Gasteiger charge is 2.06. The molecule has 5 nitrogen and oxygen atoms in total. The van der Waals surface area contributed by atoms with E-state index in [0.29, 0.717) is 11.5 Å². The predicted octanol–water partition coefficient (Wildman–Crippen LogP) is 0.862. The number of rotatable bonds is 6. The molecule has 0 aromatic heterocycles. The van der Waals surface area contributed by atoms with Crippen molar-refractivity contribution in [2.45, 2.75) is 4.90 Å². The van der Waals surface area contributed by atoms with Crippen LogP contribution in [0.15, 0.2) is 23.1 Å². The first kappa shape index (κ1) is 13.7. The number of nitrogens with one attached hydrogen (secondary N) is 1. The lowest BCUT2D eigenvalue weighted by Gasteiger charge is -2.09. The molecule has 94 valence electrons. The first-order valence-electron chi connectivity index (χ1n) is 4.93. The van der Waals surface area contributed by atoms with Crippen LogP contribution >= 0.6 is 11.8 Å². The maximum atomic E-state index is 11.1. The minimum atomic E-state index is -0.342.